The van der Waals surface area contributed by atoms with Gasteiger partial charge in [0.1, 0.15) is 5.25 Å². The first-order chi connectivity index (χ1) is 12.8. The summed E-state index contributed by atoms with van der Waals surface area (Å²) >= 11 is 0. The van der Waals surface area contributed by atoms with Gasteiger partial charge in [0.25, 0.3) is 0 Å². The largest absolute Gasteiger partial charge is 0.325 e. The minimum Gasteiger partial charge on any atom is -0.325 e. The summed E-state index contributed by atoms with van der Waals surface area (Å²) in [6.45, 7) is 3.12. The lowest BCUT2D eigenvalue weighted by Gasteiger charge is -2.14. The molecule has 0 bridgehead atoms. The molecule has 0 radical (unpaired) electrons. The number of para-hydroxylation sites is 1. The Morgan fingerprint density at radius 3 is 2.07 bits per heavy atom. The summed E-state index contributed by atoms with van der Waals surface area (Å²) in [5, 5.41) is 6.79. The van der Waals surface area contributed by atoms with E-state index in [-0.39, 0.29) is 5.75 Å². The monoisotopic (exact) mass is 389 g/mol. The molecule has 2 rings (SSSR count). The predicted octanol–water partition coefficient (Wildman–Crippen LogP) is 3.48. The highest BCUT2D eigenvalue weighted by atomic mass is 32.2. The first-order valence-electron chi connectivity index (χ1n) is 8.57. The number of carbonyl (C=O) groups excluding carboxylic acids is 2. The van der Waals surface area contributed by atoms with Gasteiger partial charge in [0.2, 0.25) is 5.91 Å². The fraction of sp³-hybridized carbons (Fsp3) is 0.263. The highest BCUT2D eigenvalue weighted by Gasteiger charge is 2.27. The second-order valence-corrected chi connectivity index (χ2v) is 8.47. The number of rotatable bonds is 7. The Morgan fingerprint density at radius 1 is 0.889 bits per heavy atom. The number of anilines is 3. The van der Waals surface area contributed by atoms with Gasteiger partial charge >= 0.3 is 6.03 Å². The number of amides is 3. The maximum atomic E-state index is 12.2. The molecule has 0 heterocycles. The van der Waals surface area contributed by atoms with Crippen molar-refractivity contribution in [1.82, 2.24) is 0 Å². The summed E-state index contributed by atoms with van der Waals surface area (Å²) < 4.78 is 24.0. The summed E-state index contributed by atoms with van der Waals surface area (Å²) in [4.78, 5) is 24.3. The molecule has 0 saturated heterocycles. The smallest absolute Gasteiger partial charge is 0.323 e. The molecule has 0 aromatic heterocycles. The molecule has 144 valence electrons. The minimum atomic E-state index is -3.49. The van der Waals surface area contributed by atoms with Crippen LogP contribution in [0.2, 0.25) is 0 Å². The second kappa shape index (κ2) is 9.18. The molecule has 1 atom stereocenters. The van der Waals surface area contributed by atoms with E-state index in [0.29, 0.717) is 23.5 Å². The highest BCUT2D eigenvalue weighted by Crippen LogP contribution is 2.17. The van der Waals surface area contributed by atoms with Crippen LogP contribution in [-0.2, 0) is 14.6 Å². The zero-order valence-corrected chi connectivity index (χ0v) is 16.0. The van der Waals surface area contributed by atoms with Crippen molar-refractivity contribution in [2.24, 2.45) is 0 Å². The van der Waals surface area contributed by atoms with Gasteiger partial charge in [-0.3, -0.25) is 4.79 Å². The molecular weight excluding hydrogens is 366 g/mol. The molecule has 27 heavy (non-hydrogen) atoms. The van der Waals surface area contributed by atoms with E-state index in [2.05, 4.69) is 16.0 Å². The summed E-state index contributed by atoms with van der Waals surface area (Å²) in [6.07, 6.45) is 0.454. The van der Waals surface area contributed by atoms with Gasteiger partial charge in [-0.15, -0.1) is 0 Å². The van der Waals surface area contributed by atoms with E-state index >= 15 is 0 Å². The number of hydrogen-bond acceptors (Lipinski definition) is 4. The van der Waals surface area contributed by atoms with Crippen molar-refractivity contribution in [3.8, 4) is 0 Å². The first kappa shape index (κ1) is 20.4. The lowest BCUT2D eigenvalue weighted by atomic mass is 10.2. The van der Waals surface area contributed by atoms with Crippen molar-refractivity contribution < 1.29 is 18.0 Å². The molecule has 2 aromatic carbocycles. The normalized spacial score (nSPS) is 12.1. The molecule has 0 aliphatic carbocycles. The zero-order chi connectivity index (χ0) is 19.9. The number of hydrogen-bond donors (Lipinski definition) is 3. The van der Waals surface area contributed by atoms with Crippen LogP contribution in [0, 0.1) is 0 Å². The van der Waals surface area contributed by atoms with Crippen LogP contribution in [0.4, 0.5) is 21.9 Å². The van der Waals surface area contributed by atoms with E-state index in [9.17, 15) is 18.0 Å². The van der Waals surface area contributed by atoms with Crippen LogP contribution < -0.4 is 16.0 Å². The zero-order valence-electron chi connectivity index (χ0n) is 15.2. The molecule has 0 aliphatic heterocycles. The van der Waals surface area contributed by atoms with E-state index < -0.39 is 27.0 Å². The lowest BCUT2D eigenvalue weighted by molar-refractivity contribution is -0.115. The van der Waals surface area contributed by atoms with E-state index in [1.165, 1.54) is 6.92 Å². The van der Waals surface area contributed by atoms with Crippen LogP contribution in [0.5, 0.6) is 0 Å². The van der Waals surface area contributed by atoms with Gasteiger partial charge in [0.05, 0.1) is 5.75 Å². The van der Waals surface area contributed by atoms with Crippen molar-refractivity contribution in [3.63, 3.8) is 0 Å². The Balaban J connectivity index is 2.00. The van der Waals surface area contributed by atoms with Crippen molar-refractivity contribution in [2.75, 3.05) is 21.7 Å². The maximum Gasteiger partial charge on any atom is 0.323 e. The Kier molecular flexibility index (Phi) is 6.95. The van der Waals surface area contributed by atoms with Gasteiger partial charge in [0.15, 0.2) is 9.84 Å². The SMILES string of the molecule is CCCS(=O)(=O)C(C)C(=O)Nc1cccc(NC(=O)Nc2ccccc2)c1. The summed E-state index contributed by atoms with van der Waals surface area (Å²) in [7, 11) is -3.49. The molecule has 3 amide bonds. The fourth-order valence-corrected chi connectivity index (χ4v) is 3.67. The van der Waals surface area contributed by atoms with E-state index in [1.807, 2.05) is 6.07 Å². The van der Waals surface area contributed by atoms with E-state index in [4.69, 9.17) is 0 Å². The molecule has 0 fully saturated rings. The minimum absolute atomic E-state index is 0.0389. The first-order valence-corrected chi connectivity index (χ1v) is 10.3. The van der Waals surface area contributed by atoms with Crippen molar-refractivity contribution in [2.45, 2.75) is 25.5 Å². The molecule has 8 heteroatoms. The number of nitrogens with one attached hydrogen (secondary N) is 3. The highest BCUT2D eigenvalue weighted by molar-refractivity contribution is 7.92. The van der Waals surface area contributed by atoms with Gasteiger partial charge in [0, 0.05) is 17.1 Å². The van der Waals surface area contributed by atoms with Crippen molar-refractivity contribution in [3.05, 3.63) is 54.6 Å². The van der Waals surface area contributed by atoms with Crippen LogP contribution in [0.3, 0.4) is 0 Å². The van der Waals surface area contributed by atoms with Gasteiger partial charge in [-0.2, -0.15) is 0 Å². The van der Waals surface area contributed by atoms with Crippen LogP contribution in [-0.4, -0.2) is 31.4 Å². The third-order valence-electron chi connectivity index (χ3n) is 3.82. The Hall–Kier alpha value is -2.87. The standard InChI is InChI=1S/C19H23N3O4S/c1-3-12-27(25,26)14(2)18(23)20-16-10-7-11-17(13-16)22-19(24)21-15-8-5-4-6-9-15/h4-11,13-14H,3,12H2,1-2H3,(H,20,23)(H2,21,22,24). The van der Waals surface area contributed by atoms with E-state index in [1.54, 1.807) is 55.5 Å². The van der Waals surface area contributed by atoms with Gasteiger partial charge < -0.3 is 16.0 Å². The maximum absolute atomic E-state index is 12.2. The van der Waals surface area contributed by atoms with Gasteiger partial charge in [-0.05, 0) is 43.7 Å². The van der Waals surface area contributed by atoms with Gasteiger partial charge in [-0.1, -0.05) is 31.2 Å². The molecule has 0 spiro atoms. The predicted molar refractivity (Wildman–Crippen MR) is 108 cm³/mol. The molecule has 0 aliphatic rings. The number of urea groups is 1. The Bertz CT molecular complexity index is 898. The quantitative estimate of drug-likeness (QED) is 0.674. The third kappa shape index (κ3) is 6.10. The molecule has 2 aromatic rings. The number of carbonyl (C=O) groups is 2. The molecule has 7 nitrogen and oxygen atoms in total. The van der Waals surface area contributed by atoms with Crippen LogP contribution in [0.1, 0.15) is 20.3 Å². The van der Waals surface area contributed by atoms with Crippen molar-refractivity contribution >= 4 is 38.8 Å². The Morgan fingerprint density at radius 2 is 1.44 bits per heavy atom. The molecule has 0 saturated carbocycles. The van der Waals surface area contributed by atoms with Crippen LogP contribution in [0.25, 0.3) is 0 Å². The van der Waals surface area contributed by atoms with Gasteiger partial charge in [-0.25, -0.2) is 13.2 Å². The molecular formula is C19H23N3O4S. The molecule has 1 unspecified atom stereocenters. The fourth-order valence-electron chi connectivity index (χ4n) is 2.36. The van der Waals surface area contributed by atoms with Crippen molar-refractivity contribution in [1.29, 1.82) is 0 Å². The van der Waals surface area contributed by atoms with Crippen LogP contribution >= 0.6 is 0 Å². The lowest BCUT2D eigenvalue weighted by Crippen LogP contribution is -2.34. The number of benzene rings is 2. The van der Waals surface area contributed by atoms with Crippen LogP contribution in [0.15, 0.2) is 54.6 Å². The topological polar surface area (TPSA) is 104 Å². The summed E-state index contributed by atoms with van der Waals surface area (Å²) in [6, 6.07) is 15.0. The second-order valence-electron chi connectivity index (χ2n) is 6.02. The third-order valence-corrected chi connectivity index (χ3v) is 6.08. The summed E-state index contributed by atoms with van der Waals surface area (Å²) in [5.74, 6) is -0.641. The Labute approximate surface area is 159 Å². The number of sulfone groups is 1. The van der Waals surface area contributed by atoms with E-state index in [0.717, 1.165) is 0 Å². The average molecular weight is 389 g/mol. The molecule has 3 N–H and O–H groups in total. The summed E-state index contributed by atoms with van der Waals surface area (Å²) in [5.41, 5.74) is 1.51. The average Bonchev–Trinajstić information content (AvgIpc) is 2.62.